The van der Waals surface area contributed by atoms with Crippen LogP contribution in [0, 0.1) is 0 Å². The zero-order valence-corrected chi connectivity index (χ0v) is 10.2. The monoisotopic (exact) mass is 248 g/mol. The molecule has 4 nitrogen and oxygen atoms in total. The van der Waals surface area contributed by atoms with E-state index < -0.39 is 0 Å². The predicted octanol–water partition coefficient (Wildman–Crippen LogP) is 3.34. The molecule has 0 atom stereocenters. The second kappa shape index (κ2) is 5.27. The molecule has 0 bridgehead atoms. The van der Waals surface area contributed by atoms with Gasteiger partial charge in [0, 0.05) is 11.4 Å². The molecule has 0 aliphatic carbocycles. The Kier molecular flexibility index (Phi) is 3.14. The van der Waals surface area contributed by atoms with Gasteiger partial charge in [0.15, 0.2) is 0 Å². The molecule has 0 amide bonds. The van der Waals surface area contributed by atoms with Crippen LogP contribution >= 0.6 is 0 Å². The van der Waals surface area contributed by atoms with Crippen molar-refractivity contribution in [2.24, 2.45) is 0 Å². The Morgan fingerprint density at radius 3 is 1.74 bits per heavy atom. The topological polar surface area (TPSA) is 41.9 Å². The van der Waals surface area contributed by atoms with Crippen molar-refractivity contribution in [1.29, 1.82) is 0 Å². The number of para-hydroxylation sites is 2. The predicted molar refractivity (Wildman–Crippen MR) is 74.5 cm³/mol. The molecular formula is C15H12N4. The number of rotatable bonds is 3. The smallest absolute Gasteiger partial charge is 0.254 e. The molecule has 19 heavy (non-hydrogen) atoms. The maximum absolute atomic E-state index is 4.28. The van der Waals surface area contributed by atoms with Gasteiger partial charge < -0.3 is 0 Å². The summed E-state index contributed by atoms with van der Waals surface area (Å²) in [5.41, 5.74) is 2.00. The average Bonchev–Trinajstić information content (AvgIpc) is 2.51. The van der Waals surface area contributed by atoms with E-state index in [1.54, 1.807) is 12.4 Å². The van der Waals surface area contributed by atoms with Crippen LogP contribution in [0.25, 0.3) is 0 Å². The number of nitrogens with zero attached hydrogens (tertiary/aromatic N) is 4. The van der Waals surface area contributed by atoms with E-state index in [9.17, 15) is 0 Å². The highest BCUT2D eigenvalue weighted by Crippen LogP contribution is 2.30. The summed E-state index contributed by atoms with van der Waals surface area (Å²) in [4.78, 5) is 6.25. The zero-order valence-electron chi connectivity index (χ0n) is 10.2. The third kappa shape index (κ3) is 2.42. The van der Waals surface area contributed by atoms with Crippen molar-refractivity contribution in [2.45, 2.75) is 0 Å². The van der Waals surface area contributed by atoms with Gasteiger partial charge >= 0.3 is 0 Å². The van der Waals surface area contributed by atoms with Gasteiger partial charge in [-0.05, 0) is 24.3 Å². The molecule has 2 aromatic carbocycles. The first-order valence-electron chi connectivity index (χ1n) is 5.99. The van der Waals surface area contributed by atoms with Gasteiger partial charge in [0.25, 0.3) is 5.95 Å². The van der Waals surface area contributed by atoms with Gasteiger partial charge in [-0.3, -0.25) is 4.90 Å². The summed E-state index contributed by atoms with van der Waals surface area (Å²) in [5.74, 6) is 0.555. The summed E-state index contributed by atoms with van der Waals surface area (Å²) in [5, 5.41) is 8.00. The van der Waals surface area contributed by atoms with E-state index in [1.165, 1.54) is 0 Å². The molecule has 0 saturated heterocycles. The van der Waals surface area contributed by atoms with Crippen LogP contribution in [0.4, 0.5) is 17.3 Å². The van der Waals surface area contributed by atoms with E-state index in [4.69, 9.17) is 0 Å². The van der Waals surface area contributed by atoms with Gasteiger partial charge in [-0.25, -0.2) is 4.98 Å². The molecule has 0 radical (unpaired) electrons. The highest BCUT2D eigenvalue weighted by atomic mass is 15.3. The molecule has 0 spiro atoms. The molecule has 1 heterocycles. The van der Waals surface area contributed by atoms with E-state index in [0.29, 0.717) is 5.95 Å². The van der Waals surface area contributed by atoms with Crippen LogP contribution in [0.5, 0.6) is 0 Å². The number of benzene rings is 2. The first-order chi connectivity index (χ1) is 9.45. The summed E-state index contributed by atoms with van der Waals surface area (Å²) in [6.45, 7) is 0. The van der Waals surface area contributed by atoms with Crippen LogP contribution in [0.2, 0.25) is 0 Å². The van der Waals surface area contributed by atoms with E-state index in [0.717, 1.165) is 11.4 Å². The third-order valence-corrected chi connectivity index (χ3v) is 2.70. The Bertz CT molecular complexity index is 532. The standard InChI is InChI=1S/C15H12N4/c1-3-7-13(8-4-1)19(14-9-5-2-6-10-14)15-16-11-12-17-18-15/h1-12H. The van der Waals surface area contributed by atoms with Crippen LogP contribution in [0.1, 0.15) is 0 Å². The van der Waals surface area contributed by atoms with E-state index in [2.05, 4.69) is 15.2 Å². The Hall–Kier alpha value is -2.75. The fourth-order valence-electron chi connectivity index (χ4n) is 1.88. The second-order valence-corrected chi connectivity index (χ2v) is 3.95. The molecular weight excluding hydrogens is 236 g/mol. The van der Waals surface area contributed by atoms with Gasteiger partial charge in [0.05, 0.1) is 12.4 Å². The van der Waals surface area contributed by atoms with Crippen LogP contribution in [-0.4, -0.2) is 15.2 Å². The Balaban J connectivity index is 2.12. The first-order valence-corrected chi connectivity index (χ1v) is 5.99. The number of aromatic nitrogens is 3. The molecule has 0 aliphatic rings. The fourth-order valence-corrected chi connectivity index (χ4v) is 1.88. The minimum absolute atomic E-state index is 0.555. The maximum Gasteiger partial charge on any atom is 0.254 e. The molecule has 4 heteroatoms. The van der Waals surface area contributed by atoms with Crippen LogP contribution < -0.4 is 4.90 Å². The van der Waals surface area contributed by atoms with Gasteiger partial charge in [0.1, 0.15) is 0 Å². The number of anilines is 3. The quantitative estimate of drug-likeness (QED) is 0.713. The molecule has 0 fully saturated rings. The minimum atomic E-state index is 0.555. The lowest BCUT2D eigenvalue weighted by molar-refractivity contribution is 0.944. The van der Waals surface area contributed by atoms with E-state index in [-0.39, 0.29) is 0 Å². The maximum atomic E-state index is 4.28. The zero-order chi connectivity index (χ0) is 12.9. The lowest BCUT2D eigenvalue weighted by atomic mass is 10.2. The highest BCUT2D eigenvalue weighted by molar-refractivity contribution is 5.71. The van der Waals surface area contributed by atoms with Crippen molar-refractivity contribution in [3.8, 4) is 0 Å². The SMILES string of the molecule is c1ccc(N(c2ccccc2)c2nccnn2)cc1. The molecule has 1 aromatic heterocycles. The van der Waals surface area contributed by atoms with Crippen molar-refractivity contribution < 1.29 is 0 Å². The number of hydrogen-bond acceptors (Lipinski definition) is 4. The van der Waals surface area contributed by atoms with Crippen LogP contribution in [0.15, 0.2) is 73.1 Å². The summed E-state index contributed by atoms with van der Waals surface area (Å²) < 4.78 is 0. The lowest BCUT2D eigenvalue weighted by Gasteiger charge is -2.21. The molecule has 0 aliphatic heterocycles. The molecule has 92 valence electrons. The van der Waals surface area contributed by atoms with Gasteiger partial charge in [-0.2, -0.15) is 5.10 Å². The van der Waals surface area contributed by atoms with Crippen molar-refractivity contribution in [1.82, 2.24) is 15.2 Å². The van der Waals surface area contributed by atoms with Crippen molar-refractivity contribution in [2.75, 3.05) is 4.90 Å². The highest BCUT2D eigenvalue weighted by Gasteiger charge is 2.13. The summed E-state index contributed by atoms with van der Waals surface area (Å²) >= 11 is 0. The average molecular weight is 248 g/mol. The summed E-state index contributed by atoms with van der Waals surface area (Å²) in [7, 11) is 0. The van der Waals surface area contributed by atoms with E-state index in [1.807, 2.05) is 65.6 Å². The first kappa shape index (κ1) is 11.3. The summed E-state index contributed by atoms with van der Waals surface area (Å²) in [6.07, 6.45) is 3.21. The molecule has 3 rings (SSSR count). The van der Waals surface area contributed by atoms with Gasteiger partial charge in [-0.1, -0.05) is 36.4 Å². The van der Waals surface area contributed by atoms with Crippen molar-refractivity contribution in [3.63, 3.8) is 0 Å². The van der Waals surface area contributed by atoms with E-state index >= 15 is 0 Å². The Morgan fingerprint density at radius 2 is 1.26 bits per heavy atom. The van der Waals surface area contributed by atoms with Crippen molar-refractivity contribution >= 4 is 17.3 Å². The Morgan fingerprint density at radius 1 is 0.684 bits per heavy atom. The largest absolute Gasteiger partial charge is 0.278 e. The fraction of sp³-hybridized carbons (Fsp3) is 0. The molecule has 0 unspecified atom stereocenters. The summed E-state index contributed by atoms with van der Waals surface area (Å²) in [6, 6.07) is 20.0. The van der Waals surface area contributed by atoms with Gasteiger partial charge in [0.2, 0.25) is 0 Å². The van der Waals surface area contributed by atoms with Crippen LogP contribution in [-0.2, 0) is 0 Å². The molecule has 3 aromatic rings. The number of hydrogen-bond donors (Lipinski definition) is 0. The molecule has 0 saturated carbocycles. The third-order valence-electron chi connectivity index (χ3n) is 2.70. The molecule has 0 N–H and O–H groups in total. The second-order valence-electron chi connectivity index (χ2n) is 3.95. The lowest BCUT2D eigenvalue weighted by Crippen LogP contribution is -2.13. The van der Waals surface area contributed by atoms with Crippen LogP contribution in [0.3, 0.4) is 0 Å². The van der Waals surface area contributed by atoms with Crippen molar-refractivity contribution in [3.05, 3.63) is 73.1 Å². The normalized spacial score (nSPS) is 10.1. The Labute approximate surface area is 111 Å². The minimum Gasteiger partial charge on any atom is -0.278 e. The van der Waals surface area contributed by atoms with Gasteiger partial charge in [-0.15, -0.1) is 5.10 Å².